The number of carboxylic acids is 1. The molecule has 0 fully saturated rings. The minimum Gasteiger partial charge on any atom is -0.748 e. The molecule has 1 aromatic rings. The van der Waals surface area contributed by atoms with Gasteiger partial charge in [0.15, 0.2) is 13.1 Å². The Balaban J connectivity index is 1.68. The third-order valence-electron chi connectivity index (χ3n) is 11.7. The van der Waals surface area contributed by atoms with Gasteiger partial charge in [0.05, 0.1) is 100 Å². The molecule has 0 spiro atoms. The second-order valence-corrected chi connectivity index (χ2v) is 20.9. The number of nitrogens with zero attached hydrogens (tertiary/aromatic N) is 2. The molecule has 1 unspecified atom stereocenters. The van der Waals surface area contributed by atoms with Crippen LogP contribution in [0.3, 0.4) is 0 Å². The maximum atomic E-state index is 12.2. The molecule has 0 saturated heterocycles. The van der Waals surface area contributed by atoms with E-state index in [2.05, 4.69) is 25.3 Å². The summed E-state index contributed by atoms with van der Waals surface area (Å²) in [5.41, 5.74) is 2.16. The molecule has 1 N–H and O–H groups in total. The van der Waals surface area contributed by atoms with Crippen molar-refractivity contribution in [2.75, 3.05) is 137 Å². The molecule has 3 aliphatic rings. The van der Waals surface area contributed by atoms with E-state index in [0.717, 1.165) is 16.5 Å². The summed E-state index contributed by atoms with van der Waals surface area (Å²) in [6.07, 6.45) is 5.56. The van der Waals surface area contributed by atoms with Gasteiger partial charge in [0.2, 0.25) is 5.36 Å². The highest BCUT2D eigenvalue weighted by Crippen LogP contribution is 2.51. The number of carboxylic acid groups (broad SMARTS) is 1. The van der Waals surface area contributed by atoms with Gasteiger partial charge in [-0.3, -0.25) is 4.79 Å². The van der Waals surface area contributed by atoms with Gasteiger partial charge < -0.3 is 61.4 Å². The summed E-state index contributed by atoms with van der Waals surface area (Å²) in [4.78, 5) is 13.0. The van der Waals surface area contributed by atoms with Crippen LogP contribution in [0.5, 0.6) is 0 Å². The van der Waals surface area contributed by atoms with Crippen LogP contribution in [-0.2, 0) is 73.8 Å². The SMILES string of the molecule is COCCOCCOCCOCC[N+](CCOCCOCCOCCOC)=c1ccc2c(C(C)(C)C)cc(/C=C/C=C3/N(CCCS(=O)(=O)[O-])c4ccc(S(=O)(=O)[O-])cc4C3(C)CCCC(=O)O)oc-2c1. The fraction of sp³-hybridized carbons (Fsp3) is 0.600. The third kappa shape index (κ3) is 20.0. The van der Waals surface area contributed by atoms with Crippen molar-refractivity contribution in [3.8, 4) is 11.3 Å². The molecule has 0 bridgehead atoms. The molecule has 1 aliphatic carbocycles. The van der Waals surface area contributed by atoms with Gasteiger partial charge in [-0.15, -0.1) is 0 Å². The lowest BCUT2D eigenvalue weighted by atomic mass is 9.77. The van der Waals surface area contributed by atoms with E-state index in [1.807, 2.05) is 31.2 Å². The van der Waals surface area contributed by atoms with E-state index in [4.69, 9.17) is 42.3 Å². The van der Waals surface area contributed by atoms with Crippen molar-refractivity contribution in [3.63, 3.8) is 0 Å². The second kappa shape index (κ2) is 29.6. The van der Waals surface area contributed by atoms with Crippen molar-refractivity contribution in [3.05, 3.63) is 82.6 Å². The summed E-state index contributed by atoms with van der Waals surface area (Å²) in [5, 5.41) is 10.4. The molecular weight excluding hydrogens is 965 g/mol. The van der Waals surface area contributed by atoms with E-state index in [1.54, 1.807) is 37.3 Å². The Bertz CT molecular complexity index is 2420. The van der Waals surface area contributed by atoms with E-state index in [1.165, 1.54) is 18.2 Å². The number of fused-ring (bicyclic) bond motifs is 2. The molecule has 71 heavy (non-hydrogen) atoms. The monoisotopic (exact) mass is 1040 g/mol. The lowest BCUT2D eigenvalue weighted by Crippen LogP contribution is -2.36. The van der Waals surface area contributed by atoms with Gasteiger partial charge in [-0.2, -0.15) is 0 Å². The Hall–Kier alpha value is -4.10. The fourth-order valence-corrected chi connectivity index (χ4v) is 9.08. The normalized spacial score (nSPS) is 15.9. The number of ether oxygens (including phenoxy) is 8. The quantitative estimate of drug-likeness (QED) is 0.0480. The number of rotatable bonds is 35. The van der Waals surface area contributed by atoms with Gasteiger partial charge >= 0.3 is 5.97 Å². The Morgan fingerprint density at radius 1 is 0.761 bits per heavy atom. The first-order valence-electron chi connectivity index (χ1n) is 23.8. The van der Waals surface area contributed by atoms with Crippen molar-refractivity contribution in [2.24, 2.45) is 0 Å². The molecule has 0 saturated carbocycles. The van der Waals surface area contributed by atoms with Crippen LogP contribution >= 0.6 is 0 Å². The molecule has 19 nitrogen and oxygen atoms in total. The predicted molar refractivity (Wildman–Crippen MR) is 265 cm³/mol. The molecule has 4 rings (SSSR count). The predicted octanol–water partition coefficient (Wildman–Crippen LogP) is 4.62. The van der Waals surface area contributed by atoms with E-state index >= 15 is 0 Å². The van der Waals surface area contributed by atoms with Crippen LogP contribution in [0.25, 0.3) is 17.4 Å². The number of hydrogen-bond acceptors (Lipinski definition) is 17. The molecule has 2 aliphatic heterocycles. The molecule has 0 radical (unpaired) electrons. The second-order valence-electron chi connectivity index (χ2n) is 18.0. The minimum absolute atomic E-state index is 0.0494. The Kier molecular flexibility index (Phi) is 24.8. The number of hydrogen-bond donors (Lipinski definition) is 1. The van der Waals surface area contributed by atoms with Gasteiger partial charge in [-0.1, -0.05) is 26.8 Å². The Morgan fingerprint density at radius 3 is 1.82 bits per heavy atom. The maximum absolute atomic E-state index is 12.2. The summed E-state index contributed by atoms with van der Waals surface area (Å²) in [6, 6.07) is 12.0. The van der Waals surface area contributed by atoms with Gasteiger partial charge in [0, 0.05) is 61.4 Å². The van der Waals surface area contributed by atoms with Crippen molar-refractivity contribution in [1.29, 1.82) is 0 Å². The summed E-state index contributed by atoms with van der Waals surface area (Å²) >= 11 is 0. The Labute approximate surface area is 419 Å². The zero-order chi connectivity index (χ0) is 51.9. The van der Waals surface area contributed by atoms with Crippen LogP contribution in [0.2, 0.25) is 0 Å². The molecule has 0 aromatic heterocycles. The van der Waals surface area contributed by atoms with Crippen molar-refractivity contribution in [1.82, 2.24) is 4.58 Å². The Morgan fingerprint density at radius 2 is 1.31 bits per heavy atom. The zero-order valence-electron chi connectivity index (χ0n) is 42.0. The average molecular weight is 1040 g/mol. The number of anilines is 1. The van der Waals surface area contributed by atoms with Crippen molar-refractivity contribution >= 4 is 38.0 Å². The van der Waals surface area contributed by atoms with Crippen LogP contribution in [0.1, 0.15) is 70.3 Å². The zero-order valence-corrected chi connectivity index (χ0v) is 43.7. The number of carbonyl (C=O) groups is 1. The summed E-state index contributed by atoms with van der Waals surface area (Å²) in [7, 11) is -6.18. The highest BCUT2D eigenvalue weighted by Gasteiger charge is 2.43. The summed E-state index contributed by atoms with van der Waals surface area (Å²) in [5.74, 6) is -0.524. The lowest BCUT2D eigenvalue weighted by Gasteiger charge is -2.30. The number of benzene rings is 2. The van der Waals surface area contributed by atoms with Gasteiger partial charge in [0.1, 0.15) is 34.9 Å². The number of methoxy groups -OCH3 is 2. The van der Waals surface area contributed by atoms with Crippen LogP contribution in [0.4, 0.5) is 5.69 Å². The molecule has 1 atom stereocenters. The molecule has 21 heteroatoms. The number of allylic oxidation sites excluding steroid dienone is 3. The molecule has 0 amide bonds. The number of aliphatic carboxylic acids is 1. The van der Waals surface area contributed by atoms with Gasteiger partial charge in [0.25, 0.3) is 0 Å². The topological polar surface area (TPSA) is 245 Å². The largest absolute Gasteiger partial charge is 0.748 e. The average Bonchev–Trinajstić information content (AvgIpc) is 3.53. The molecular formula is C50H73N2O17S2-. The van der Waals surface area contributed by atoms with E-state index in [0.29, 0.717) is 134 Å². The molecule has 398 valence electrons. The fourth-order valence-electron chi connectivity index (χ4n) is 8.10. The van der Waals surface area contributed by atoms with Crippen LogP contribution < -0.4 is 14.8 Å². The molecule has 2 heterocycles. The summed E-state index contributed by atoms with van der Waals surface area (Å²) in [6.45, 7) is 15.6. The van der Waals surface area contributed by atoms with E-state index in [9.17, 15) is 35.8 Å². The lowest BCUT2D eigenvalue weighted by molar-refractivity contribution is -0.137. The summed E-state index contributed by atoms with van der Waals surface area (Å²) < 4.78 is 124. The smallest absolute Gasteiger partial charge is 0.303 e. The first-order chi connectivity index (χ1) is 33.8. The van der Waals surface area contributed by atoms with Gasteiger partial charge in [-0.05, 0) is 85.2 Å². The highest BCUT2D eigenvalue weighted by atomic mass is 32.2. The molecule has 1 aromatic carbocycles. The van der Waals surface area contributed by atoms with Crippen LogP contribution in [-0.4, -0.2) is 169 Å². The maximum Gasteiger partial charge on any atom is 0.303 e. The van der Waals surface area contributed by atoms with Crippen molar-refractivity contribution in [2.45, 2.75) is 69.1 Å². The highest BCUT2D eigenvalue weighted by molar-refractivity contribution is 7.86. The standard InChI is InChI=1S/C50H74N2O17S2/c1-49(2,3)43-37-40(10-7-11-47-50(4,17-8-12-48(53)54)44-38-41(71(58,59)60)14-16-45(44)52(47)18-9-35-70(55,56)57)69-46-36-39(13-15-42(43)46)51(19-21-63-27-29-67-33-31-65-25-23-61-5)20-22-64-28-30-68-34-32-66-26-24-62-6/h7,10-11,13-16,36-38H,8-9,12,17-35H2,1-6H3,(H2-,53,54,55,56,57,58,59,60)/p-1. The first kappa shape index (κ1) is 59.5. The van der Waals surface area contributed by atoms with Gasteiger partial charge in [-0.25, -0.2) is 21.4 Å². The van der Waals surface area contributed by atoms with Crippen molar-refractivity contribution < 1.29 is 78.2 Å². The van der Waals surface area contributed by atoms with Crippen LogP contribution in [0.15, 0.2) is 69.6 Å². The van der Waals surface area contributed by atoms with E-state index in [-0.39, 0.29) is 37.6 Å². The third-order valence-corrected chi connectivity index (χ3v) is 13.3. The van der Waals surface area contributed by atoms with E-state index < -0.39 is 42.3 Å². The minimum atomic E-state index is -4.87. The van der Waals surface area contributed by atoms with Crippen LogP contribution in [0, 0.1) is 0 Å². The first-order valence-corrected chi connectivity index (χ1v) is 26.8.